The number of benzene rings is 1. The first kappa shape index (κ1) is 22.2. The Labute approximate surface area is 167 Å². The summed E-state index contributed by atoms with van der Waals surface area (Å²) in [4.78, 5) is 24.2. The molecule has 1 aromatic rings. The number of esters is 1. The summed E-state index contributed by atoms with van der Waals surface area (Å²) in [6.07, 6.45) is 6.05. The Balaban J connectivity index is 1.86. The van der Waals surface area contributed by atoms with Crippen molar-refractivity contribution in [3.05, 3.63) is 29.3 Å². The number of carbonyl (C=O) groups excluding carboxylic acids is 2. The molecule has 2 rings (SSSR count). The molecule has 0 bridgehead atoms. The molecule has 156 valence electrons. The maximum absolute atomic E-state index is 12.2. The largest absolute Gasteiger partial charge is 0.452 e. The van der Waals surface area contributed by atoms with E-state index >= 15 is 0 Å². The summed E-state index contributed by atoms with van der Waals surface area (Å²) < 4.78 is 30.0. The number of unbranched alkanes of at least 4 members (excludes halogenated alkanes) is 1. The molecule has 1 atom stereocenters. The van der Waals surface area contributed by atoms with Crippen LogP contribution < -0.4 is 9.62 Å². The second-order valence-corrected chi connectivity index (χ2v) is 9.13. The van der Waals surface area contributed by atoms with Crippen LogP contribution in [0.15, 0.2) is 18.2 Å². The number of sulfonamides is 1. The predicted molar refractivity (Wildman–Crippen MR) is 109 cm³/mol. The number of hydrogen-bond acceptors (Lipinski definition) is 5. The molecule has 0 saturated heterocycles. The number of nitrogens with one attached hydrogen (secondary N) is 1. The fraction of sp³-hybridized carbons (Fsp3) is 0.600. The molecular weight excluding hydrogens is 380 g/mol. The van der Waals surface area contributed by atoms with Gasteiger partial charge >= 0.3 is 5.97 Å². The molecule has 0 fully saturated rings. The molecule has 0 radical (unpaired) electrons. The first-order chi connectivity index (χ1) is 13.3. The normalized spacial score (nSPS) is 14.5. The highest BCUT2D eigenvalue weighted by Crippen LogP contribution is 2.30. The van der Waals surface area contributed by atoms with Crippen molar-refractivity contribution in [2.24, 2.45) is 5.92 Å². The van der Waals surface area contributed by atoms with E-state index in [2.05, 4.69) is 19.2 Å². The first-order valence-electron chi connectivity index (χ1n) is 9.80. The Bertz CT molecular complexity index is 807. The lowest BCUT2D eigenvalue weighted by molar-refractivity contribution is -0.124. The van der Waals surface area contributed by atoms with Crippen LogP contribution in [0.5, 0.6) is 0 Å². The minimum atomic E-state index is -3.33. The standard InChI is InChI=1S/C20H30N2O5S/c1-4-6-7-15(5-2)13-21-19(23)14-27-20(24)17-8-9-18-16(12-17)10-11-22(18)28(3,25)26/h8-9,12,15H,4-7,10-11,13-14H2,1-3H3,(H,21,23)/t15-/m0/s1. The van der Waals surface area contributed by atoms with Crippen molar-refractivity contribution >= 4 is 27.6 Å². The van der Waals surface area contributed by atoms with Crippen LogP contribution in [0.4, 0.5) is 5.69 Å². The lowest BCUT2D eigenvalue weighted by Crippen LogP contribution is -2.32. The third-order valence-electron chi connectivity index (χ3n) is 5.03. The van der Waals surface area contributed by atoms with Gasteiger partial charge in [-0.1, -0.05) is 33.1 Å². The number of rotatable bonds is 10. The molecule has 28 heavy (non-hydrogen) atoms. The highest BCUT2D eigenvalue weighted by molar-refractivity contribution is 7.92. The van der Waals surface area contributed by atoms with E-state index in [9.17, 15) is 18.0 Å². The second kappa shape index (κ2) is 9.91. The van der Waals surface area contributed by atoms with E-state index in [0.717, 1.165) is 37.5 Å². The molecule has 0 spiro atoms. The van der Waals surface area contributed by atoms with Crippen LogP contribution in [0, 0.1) is 5.92 Å². The van der Waals surface area contributed by atoms with Gasteiger partial charge in [0.05, 0.1) is 17.5 Å². The highest BCUT2D eigenvalue weighted by Gasteiger charge is 2.27. The van der Waals surface area contributed by atoms with E-state index in [-0.39, 0.29) is 12.5 Å². The van der Waals surface area contributed by atoms with Gasteiger partial charge in [-0.3, -0.25) is 9.10 Å². The molecule has 1 aliphatic rings. The number of amides is 1. The zero-order chi connectivity index (χ0) is 20.7. The van der Waals surface area contributed by atoms with Crippen molar-refractivity contribution in [2.45, 2.75) is 46.0 Å². The lowest BCUT2D eigenvalue weighted by atomic mass is 9.99. The fourth-order valence-corrected chi connectivity index (χ4v) is 4.27. The number of nitrogens with zero attached hydrogens (tertiary/aromatic N) is 1. The third kappa shape index (κ3) is 5.95. The molecule has 1 amide bonds. The molecule has 1 heterocycles. The minimum Gasteiger partial charge on any atom is -0.452 e. The van der Waals surface area contributed by atoms with Crippen molar-refractivity contribution in [3.8, 4) is 0 Å². The molecule has 0 aromatic heterocycles. The first-order valence-corrected chi connectivity index (χ1v) is 11.7. The summed E-state index contributed by atoms with van der Waals surface area (Å²) in [5.41, 5.74) is 1.69. The predicted octanol–water partition coefficient (Wildman–Crippen LogP) is 2.50. The van der Waals surface area contributed by atoms with E-state index in [1.165, 1.54) is 10.4 Å². The van der Waals surface area contributed by atoms with Gasteiger partial charge in [0.25, 0.3) is 5.91 Å². The maximum atomic E-state index is 12.2. The van der Waals surface area contributed by atoms with Crippen LogP contribution in [0.2, 0.25) is 0 Å². The van der Waals surface area contributed by atoms with Gasteiger partial charge in [0.15, 0.2) is 6.61 Å². The zero-order valence-corrected chi connectivity index (χ0v) is 17.7. The van der Waals surface area contributed by atoms with Gasteiger partial charge in [0.1, 0.15) is 0 Å². The van der Waals surface area contributed by atoms with Crippen molar-refractivity contribution in [1.82, 2.24) is 5.32 Å². The monoisotopic (exact) mass is 410 g/mol. The van der Waals surface area contributed by atoms with Gasteiger partial charge in [0.2, 0.25) is 10.0 Å². The van der Waals surface area contributed by atoms with Crippen LogP contribution in [0.3, 0.4) is 0 Å². The molecule has 1 aliphatic heterocycles. The number of ether oxygens (including phenoxy) is 1. The Kier molecular flexibility index (Phi) is 7.86. The maximum Gasteiger partial charge on any atom is 0.338 e. The SMILES string of the molecule is CCCC[C@H](CC)CNC(=O)COC(=O)c1ccc2c(c1)CCN2S(C)(=O)=O. The van der Waals surface area contributed by atoms with Crippen molar-refractivity contribution in [1.29, 1.82) is 0 Å². The Morgan fingerprint density at radius 2 is 2.04 bits per heavy atom. The second-order valence-electron chi connectivity index (χ2n) is 7.23. The van der Waals surface area contributed by atoms with Crippen LogP contribution in [0.1, 0.15) is 55.5 Å². The topological polar surface area (TPSA) is 92.8 Å². The van der Waals surface area contributed by atoms with Gasteiger partial charge in [-0.05, 0) is 42.5 Å². The van der Waals surface area contributed by atoms with Gasteiger partial charge in [-0.25, -0.2) is 13.2 Å². The quantitative estimate of drug-likeness (QED) is 0.598. The van der Waals surface area contributed by atoms with E-state index in [1.54, 1.807) is 12.1 Å². The van der Waals surface area contributed by atoms with Crippen LogP contribution in [-0.2, 0) is 26.0 Å². The number of anilines is 1. The zero-order valence-electron chi connectivity index (χ0n) is 16.9. The Morgan fingerprint density at radius 1 is 1.29 bits per heavy atom. The number of fused-ring (bicyclic) bond motifs is 1. The lowest BCUT2D eigenvalue weighted by Gasteiger charge is -2.16. The van der Waals surface area contributed by atoms with Crippen molar-refractivity contribution in [2.75, 3.05) is 30.3 Å². The van der Waals surface area contributed by atoms with Crippen molar-refractivity contribution < 1.29 is 22.7 Å². The van der Waals surface area contributed by atoms with Crippen molar-refractivity contribution in [3.63, 3.8) is 0 Å². The van der Waals surface area contributed by atoms with Crippen LogP contribution >= 0.6 is 0 Å². The van der Waals surface area contributed by atoms with Crippen LogP contribution in [0.25, 0.3) is 0 Å². The highest BCUT2D eigenvalue weighted by atomic mass is 32.2. The molecule has 1 N–H and O–H groups in total. The molecule has 8 heteroatoms. The Hall–Kier alpha value is -2.09. The summed E-state index contributed by atoms with van der Waals surface area (Å²) >= 11 is 0. The van der Waals surface area contributed by atoms with Gasteiger partial charge in [-0.15, -0.1) is 0 Å². The average molecular weight is 411 g/mol. The van der Waals surface area contributed by atoms with Gasteiger partial charge in [-0.2, -0.15) is 0 Å². The summed E-state index contributed by atoms with van der Waals surface area (Å²) in [6.45, 7) is 4.88. The molecule has 7 nitrogen and oxygen atoms in total. The fourth-order valence-electron chi connectivity index (χ4n) is 3.31. The third-order valence-corrected chi connectivity index (χ3v) is 6.21. The van der Waals surface area contributed by atoms with Gasteiger partial charge in [0, 0.05) is 13.1 Å². The molecular formula is C20H30N2O5S. The average Bonchev–Trinajstić information content (AvgIpc) is 3.09. The summed E-state index contributed by atoms with van der Waals surface area (Å²) in [5, 5.41) is 2.82. The summed E-state index contributed by atoms with van der Waals surface area (Å²) in [7, 11) is -3.33. The number of carbonyl (C=O) groups is 2. The van der Waals surface area contributed by atoms with E-state index < -0.39 is 16.0 Å². The Morgan fingerprint density at radius 3 is 2.68 bits per heavy atom. The van der Waals surface area contributed by atoms with E-state index in [4.69, 9.17) is 4.74 Å². The van der Waals surface area contributed by atoms with Gasteiger partial charge < -0.3 is 10.1 Å². The molecule has 0 saturated carbocycles. The molecule has 0 aliphatic carbocycles. The molecule has 1 aromatic carbocycles. The number of hydrogen-bond donors (Lipinski definition) is 1. The van der Waals surface area contributed by atoms with E-state index in [1.807, 2.05) is 0 Å². The summed E-state index contributed by atoms with van der Waals surface area (Å²) in [6, 6.07) is 4.78. The smallest absolute Gasteiger partial charge is 0.338 e. The van der Waals surface area contributed by atoms with E-state index in [0.29, 0.717) is 36.7 Å². The minimum absolute atomic E-state index is 0.312. The molecule has 0 unspecified atom stereocenters. The summed E-state index contributed by atoms with van der Waals surface area (Å²) in [5.74, 6) is -0.462. The van der Waals surface area contributed by atoms with Crippen LogP contribution in [-0.4, -0.2) is 46.2 Å².